The number of rotatable bonds is 10. The van der Waals surface area contributed by atoms with Crippen molar-refractivity contribution in [2.24, 2.45) is 10.9 Å². The van der Waals surface area contributed by atoms with Crippen molar-refractivity contribution in [2.45, 2.75) is 71.6 Å². The highest BCUT2D eigenvalue weighted by Crippen LogP contribution is 2.50. The Hall–Kier alpha value is -2.82. The number of aliphatic carboxylic acids is 1. The number of nitrogens with one attached hydrogen (secondary N) is 2. The van der Waals surface area contributed by atoms with Crippen LogP contribution >= 0.6 is 35.0 Å². The summed E-state index contributed by atoms with van der Waals surface area (Å²) in [5, 5.41) is 19.0. The summed E-state index contributed by atoms with van der Waals surface area (Å²) in [4.78, 5) is 41.7. The normalized spacial score (nSPS) is 23.8. The smallest absolute Gasteiger partial charge is 0.408 e. The Labute approximate surface area is 276 Å². The molecule has 2 amide bonds. The van der Waals surface area contributed by atoms with E-state index in [9.17, 15) is 36.0 Å². The molecule has 1 aromatic heterocycles. The number of benzene rings is 1. The summed E-state index contributed by atoms with van der Waals surface area (Å²) < 4.78 is 63.7. The summed E-state index contributed by atoms with van der Waals surface area (Å²) >= 11 is 14.4. The number of nitrogens with zero attached hydrogens (tertiary/aromatic N) is 3. The molecule has 0 radical (unpaired) electrons. The van der Waals surface area contributed by atoms with Crippen molar-refractivity contribution in [1.82, 2.24) is 20.4 Å². The highest BCUT2D eigenvalue weighted by atomic mass is 35.5. The Morgan fingerprint density at radius 1 is 1.13 bits per heavy atom. The topological polar surface area (TPSA) is 160 Å². The van der Waals surface area contributed by atoms with Crippen LogP contribution in [0.1, 0.15) is 43.7 Å². The maximum atomic E-state index is 14.0. The molecule has 2 fully saturated rings. The molecular formula is C28H30Cl2F3N5O6S2. The Morgan fingerprint density at radius 3 is 2.39 bits per heavy atom. The molecule has 3 N–H and O–H groups in total. The van der Waals surface area contributed by atoms with Crippen molar-refractivity contribution in [2.75, 3.05) is 18.6 Å². The van der Waals surface area contributed by atoms with E-state index in [4.69, 9.17) is 28.3 Å². The number of aliphatic imine (C=N–C) groups is 1. The van der Waals surface area contributed by atoms with Crippen molar-refractivity contribution < 1.29 is 41.1 Å². The molecule has 0 bridgehead atoms. The number of sulfone groups is 1. The SMILES string of the molecule is CS(=O)(=O)c1ccc(-c2cn(CC(F)(F)F)nc2[C@@H]2CCC(Cl)(Cl)C[C@H]2C(=O)NC2(C3=N[C@H](C(=O)NCC(=O)O)CS3)CC2)cc1. The van der Waals surface area contributed by atoms with E-state index in [1.165, 1.54) is 42.2 Å². The zero-order chi connectivity index (χ0) is 33.7. The number of halogens is 5. The summed E-state index contributed by atoms with van der Waals surface area (Å²) in [5.74, 6) is -3.49. The molecule has 1 aliphatic heterocycles. The maximum Gasteiger partial charge on any atom is 0.408 e. The first-order valence-corrected chi connectivity index (χ1v) is 17.8. The lowest BCUT2D eigenvalue weighted by molar-refractivity contribution is -0.142. The summed E-state index contributed by atoms with van der Waals surface area (Å²) in [6, 6.07) is 4.86. The first-order valence-electron chi connectivity index (χ1n) is 14.2. The number of carboxylic acids is 1. The first kappa shape index (κ1) is 34.5. The van der Waals surface area contributed by atoms with Crippen LogP contribution in [0.5, 0.6) is 0 Å². The molecule has 3 atom stereocenters. The summed E-state index contributed by atoms with van der Waals surface area (Å²) in [6.07, 6.45) is -0.763. The van der Waals surface area contributed by atoms with Gasteiger partial charge in [-0.3, -0.25) is 24.1 Å². The van der Waals surface area contributed by atoms with Crippen LogP contribution in [0, 0.1) is 5.92 Å². The van der Waals surface area contributed by atoms with Gasteiger partial charge in [0.15, 0.2) is 9.84 Å². The van der Waals surface area contributed by atoms with Crippen molar-refractivity contribution in [1.29, 1.82) is 0 Å². The van der Waals surface area contributed by atoms with E-state index in [2.05, 4.69) is 20.7 Å². The molecule has 11 nitrogen and oxygen atoms in total. The zero-order valence-electron chi connectivity index (χ0n) is 24.3. The highest BCUT2D eigenvalue weighted by Gasteiger charge is 2.53. The number of aromatic nitrogens is 2. The number of hydrogen-bond acceptors (Lipinski definition) is 8. The van der Waals surface area contributed by atoms with Gasteiger partial charge in [-0.2, -0.15) is 18.3 Å². The van der Waals surface area contributed by atoms with Crippen LogP contribution in [0.3, 0.4) is 0 Å². The summed E-state index contributed by atoms with van der Waals surface area (Å²) in [6.45, 7) is -1.92. The summed E-state index contributed by atoms with van der Waals surface area (Å²) in [5.41, 5.74) is 0.127. The summed E-state index contributed by atoms with van der Waals surface area (Å²) in [7, 11) is -3.53. The second-order valence-corrected chi connectivity index (χ2v) is 16.5. The third-order valence-corrected chi connectivity index (χ3v) is 11.2. The number of amides is 2. The minimum absolute atomic E-state index is 0.0128. The number of thioether (sulfide) groups is 1. The molecule has 2 saturated carbocycles. The van der Waals surface area contributed by atoms with Gasteiger partial charge in [0.05, 0.1) is 21.2 Å². The van der Waals surface area contributed by atoms with E-state index < -0.39 is 74.6 Å². The van der Waals surface area contributed by atoms with Crippen LogP contribution in [-0.4, -0.2) is 86.8 Å². The number of alkyl halides is 5. The molecule has 18 heteroatoms. The van der Waals surface area contributed by atoms with Gasteiger partial charge < -0.3 is 15.7 Å². The fourth-order valence-corrected chi connectivity index (χ4v) is 8.17. The fourth-order valence-electron chi connectivity index (χ4n) is 5.71. The van der Waals surface area contributed by atoms with Crippen molar-refractivity contribution in [3.05, 3.63) is 36.2 Å². The van der Waals surface area contributed by atoms with Gasteiger partial charge in [-0.25, -0.2) is 8.42 Å². The molecule has 1 aromatic carbocycles. The monoisotopic (exact) mass is 723 g/mol. The fraction of sp³-hybridized carbons (Fsp3) is 0.536. The molecule has 0 saturated heterocycles. The average Bonchev–Trinajstić information content (AvgIpc) is 3.35. The molecule has 2 heterocycles. The number of carbonyl (C=O) groups excluding carboxylic acids is 2. The van der Waals surface area contributed by atoms with Gasteiger partial charge in [-0.1, -0.05) is 12.1 Å². The minimum Gasteiger partial charge on any atom is -0.480 e. The lowest BCUT2D eigenvalue weighted by Gasteiger charge is -2.37. The largest absolute Gasteiger partial charge is 0.480 e. The molecule has 0 spiro atoms. The lowest BCUT2D eigenvalue weighted by atomic mass is 9.75. The molecular weight excluding hydrogens is 694 g/mol. The number of carboxylic acid groups (broad SMARTS) is 1. The second-order valence-electron chi connectivity index (χ2n) is 11.8. The Bertz CT molecular complexity index is 1680. The van der Waals surface area contributed by atoms with Gasteiger partial charge in [0.1, 0.15) is 23.5 Å². The standard InChI is InChI=1S/C28H30Cl2F3N5O6S2/c1-46(43,44)16-4-2-15(3-5-16)19-12-38(14-28(31,32)33)37-22(19)17-6-7-27(29,30)10-18(17)23(41)36-26(8-9-26)25-35-20(13-45-25)24(42)34-11-21(39)40/h2-5,12,17-18,20H,6-11,13-14H2,1H3,(H,34,42)(H,36,41)(H,39,40)/t17-,18-,20+/m1/s1. The van der Waals surface area contributed by atoms with Gasteiger partial charge >= 0.3 is 12.1 Å². The quantitative estimate of drug-likeness (QED) is 0.311. The third kappa shape index (κ3) is 8.00. The third-order valence-electron chi connectivity index (χ3n) is 8.13. The number of hydrogen-bond donors (Lipinski definition) is 3. The predicted molar refractivity (Wildman–Crippen MR) is 166 cm³/mol. The van der Waals surface area contributed by atoms with Crippen LogP contribution in [-0.2, 0) is 30.8 Å². The van der Waals surface area contributed by atoms with E-state index in [0.717, 1.165) is 10.9 Å². The van der Waals surface area contributed by atoms with E-state index in [1.54, 1.807) is 0 Å². The number of carbonyl (C=O) groups is 3. The van der Waals surface area contributed by atoms with Crippen LogP contribution < -0.4 is 10.6 Å². The van der Waals surface area contributed by atoms with Gasteiger partial charge in [-0.05, 0) is 49.8 Å². The van der Waals surface area contributed by atoms with Gasteiger partial charge in [-0.15, -0.1) is 35.0 Å². The van der Waals surface area contributed by atoms with Crippen LogP contribution in [0.2, 0.25) is 0 Å². The molecule has 46 heavy (non-hydrogen) atoms. The van der Waals surface area contributed by atoms with Crippen LogP contribution in [0.4, 0.5) is 13.2 Å². The first-order chi connectivity index (χ1) is 21.4. The predicted octanol–water partition coefficient (Wildman–Crippen LogP) is 3.94. The second kappa shape index (κ2) is 12.7. The Balaban J connectivity index is 1.44. The Kier molecular flexibility index (Phi) is 9.50. The molecule has 2 aliphatic carbocycles. The van der Waals surface area contributed by atoms with Crippen molar-refractivity contribution >= 4 is 67.6 Å². The van der Waals surface area contributed by atoms with Crippen molar-refractivity contribution in [3.63, 3.8) is 0 Å². The van der Waals surface area contributed by atoms with E-state index in [-0.39, 0.29) is 35.6 Å². The molecule has 0 unspecified atom stereocenters. The van der Waals surface area contributed by atoms with E-state index >= 15 is 0 Å². The van der Waals surface area contributed by atoms with Crippen LogP contribution in [0.15, 0.2) is 40.4 Å². The molecule has 5 rings (SSSR count). The van der Waals surface area contributed by atoms with Crippen LogP contribution in [0.25, 0.3) is 11.1 Å². The van der Waals surface area contributed by atoms with E-state index in [1.807, 2.05) is 0 Å². The van der Waals surface area contributed by atoms with E-state index in [0.29, 0.717) is 29.0 Å². The molecule has 3 aliphatic rings. The van der Waals surface area contributed by atoms with Gasteiger partial charge in [0.25, 0.3) is 0 Å². The molecule has 2 aromatic rings. The van der Waals surface area contributed by atoms with Gasteiger partial charge in [0, 0.05) is 35.6 Å². The minimum atomic E-state index is -4.58. The van der Waals surface area contributed by atoms with Crippen molar-refractivity contribution in [3.8, 4) is 11.1 Å². The zero-order valence-corrected chi connectivity index (χ0v) is 27.5. The Morgan fingerprint density at radius 2 is 1.80 bits per heavy atom. The molecule has 250 valence electrons. The average molecular weight is 725 g/mol. The lowest BCUT2D eigenvalue weighted by Crippen LogP contribution is -2.48. The maximum absolute atomic E-state index is 14.0. The highest BCUT2D eigenvalue weighted by molar-refractivity contribution is 8.14. The van der Waals surface area contributed by atoms with Gasteiger partial charge in [0.2, 0.25) is 11.8 Å².